The van der Waals surface area contributed by atoms with E-state index in [9.17, 15) is 8.78 Å². The molecule has 0 N–H and O–H groups in total. The summed E-state index contributed by atoms with van der Waals surface area (Å²) < 4.78 is 24.9. The summed E-state index contributed by atoms with van der Waals surface area (Å²) in [5.74, 6) is -0.391. The summed E-state index contributed by atoms with van der Waals surface area (Å²) in [6, 6.07) is 0. The predicted molar refractivity (Wildman–Crippen MR) is 54.7 cm³/mol. The average Bonchev–Trinajstić information content (AvgIpc) is 1.82. The summed E-state index contributed by atoms with van der Waals surface area (Å²) in [6.07, 6.45) is 2.02. The van der Waals surface area contributed by atoms with Gasteiger partial charge in [-0.2, -0.15) is 0 Å². The molecule has 0 fully saturated rings. The van der Waals surface area contributed by atoms with E-state index in [1.807, 2.05) is 6.92 Å². The van der Waals surface area contributed by atoms with Gasteiger partial charge in [-0.3, -0.25) is 0 Å². The number of rotatable bonds is 1. The zero-order valence-corrected chi connectivity index (χ0v) is 9.28. The SMILES string of the molecule is CCC1=C(C)CC(F)(I)C=C1F. The molecule has 0 bridgehead atoms. The van der Waals surface area contributed by atoms with Crippen LogP contribution in [-0.2, 0) is 0 Å². The molecule has 0 radical (unpaired) electrons. The minimum absolute atomic E-state index is 0.310. The van der Waals surface area contributed by atoms with Gasteiger partial charge in [0.2, 0.25) is 0 Å². The van der Waals surface area contributed by atoms with Crippen molar-refractivity contribution >= 4 is 22.6 Å². The third-order valence-electron chi connectivity index (χ3n) is 2.00. The van der Waals surface area contributed by atoms with Gasteiger partial charge in [0, 0.05) is 6.42 Å². The molecule has 0 heterocycles. The maximum absolute atomic E-state index is 13.3. The lowest BCUT2D eigenvalue weighted by Crippen LogP contribution is -2.16. The highest BCUT2D eigenvalue weighted by Gasteiger charge is 2.30. The Kier molecular flexibility index (Phi) is 2.91. The molecule has 1 unspecified atom stereocenters. The van der Waals surface area contributed by atoms with Gasteiger partial charge in [0.25, 0.3) is 0 Å². The van der Waals surface area contributed by atoms with E-state index in [0.29, 0.717) is 18.4 Å². The summed E-state index contributed by atoms with van der Waals surface area (Å²) in [5.41, 5.74) is 1.49. The van der Waals surface area contributed by atoms with Crippen molar-refractivity contribution < 1.29 is 8.78 Å². The van der Waals surface area contributed by atoms with Crippen LogP contribution in [-0.4, -0.2) is 3.68 Å². The maximum atomic E-state index is 13.3. The first-order valence-electron chi connectivity index (χ1n) is 3.91. The van der Waals surface area contributed by atoms with Gasteiger partial charge in [-0.05, 0) is 47.6 Å². The van der Waals surface area contributed by atoms with Crippen molar-refractivity contribution in [3.05, 3.63) is 23.0 Å². The van der Waals surface area contributed by atoms with E-state index in [1.165, 1.54) is 0 Å². The molecule has 0 aliphatic heterocycles. The molecule has 1 atom stereocenters. The average molecular weight is 284 g/mol. The van der Waals surface area contributed by atoms with E-state index >= 15 is 0 Å². The van der Waals surface area contributed by atoms with Crippen LogP contribution in [0.4, 0.5) is 8.78 Å². The van der Waals surface area contributed by atoms with E-state index in [2.05, 4.69) is 0 Å². The molecule has 0 aromatic heterocycles. The first-order valence-corrected chi connectivity index (χ1v) is 4.99. The Morgan fingerprint density at radius 3 is 2.67 bits per heavy atom. The Labute approximate surface area is 84.9 Å². The fraction of sp³-hybridized carbons (Fsp3) is 0.556. The minimum Gasteiger partial charge on any atom is -0.227 e. The number of hydrogen-bond donors (Lipinski definition) is 0. The first kappa shape index (κ1) is 10.2. The van der Waals surface area contributed by atoms with E-state index in [1.54, 1.807) is 29.5 Å². The van der Waals surface area contributed by atoms with Crippen molar-refractivity contribution in [2.45, 2.75) is 30.4 Å². The molecule has 0 saturated heterocycles. The molecular weight excluding hydrogens is 273 g/mol. The van der Waals surface area contributed by atoms with Crippen LogP contribution < -0.4 is 0 Å². The van der Waals surface area contributed by atoms with Crippen LogP contribution in [0.15, 0.2) is 23.0 Å². The van der Waals surface area contributed by atoms with Crippen LogP contribution in [0.2, 0.25) is 0 Å². The second-order valence-electron chi connectivity index (χ2n) is 3.04. The van der Waals surface area contributed by atoms with Crippen LogP contribution in [0, 0.1) is 0 Å². The Morgan fingerprint density at radius 1 is 1.67 bits per heavy atom. The lowest BCUT2D eigenvalue weighted by atomic mass is 9.95. The molecule has 0 spiro atoms. The lowest BCUT2D eigenvalue weighted by molar-refractivity contribution is 0.362. The molecule has 0 nitrogen and oxygen atoms in total. The lowest BCUT2D eigenvalue weighted by Gasteiger charge is -2.22. The third kappa shape index (κ3) is 2.06. The Hall–Kier alpha value is 0.0700. The molecule has 3 heteroatoms. The Morgan fingerprint density at radius 2 is 2.25 bits per heavy atom. The summed E-state index contributed by atoms with van der Waals surface area (Å²) >= 11 is 1.63. The standard InChI is InChI=1S/C9H11F2I/c1-3-7-6(2)4-9(11,12)5-8(7)10/h5H,3-4H2,1-2H3. The zero-order valence-electron chi connectivity index (χ0n) is 7.13. The summed E-state index contributed by atoms with van der Waals surface area (Å²) in [6.45, 7) is 3.67. The minimum atomic E-state index is -1.52. The Balaban J connectivity index is 3.00. The molecule has 1 aliphatic rings. The van der Waals surface area contributed by atoms with Gasteiger partial charge < -0.3 is 0 Å². The topological polar surface area (TPSA) is 0 Å². The van der Waals surface area contributed by atoms with Crippen LogP contribution >= 0.6 is 22.6 Å². The Bertz CT molecular complexity index is 251. The van der Waals surface area contributed by atoms with Gasteiger partial charge in [-0.15, -0.1) is 0 Å². The van der Waals surface area contributed by atoms with Gasteiger partial charge >= 0.3 is 0 Å². The highest BCUT2D eigenvalue weighted by molar-refractivity contribution is 14.1. The molecule has 12 heavy (non-hydrogen) atoms. The smallest absolute Gasteiger partial charge is 0.186 e. The van der Waals surface area contributed by atoms with Crippen molar-refractivity contribution in [1.29, 1.82) is 0 Å². The van der Waals surface area contributed by atoms with Gasteiger partial charge in [0.05, 0.1) is 0 Å². The largest absolute Gasteiger partial charge is 0.227 e. The van der Waals surface area contributed by atoms with Crippen molar-refractivity contribution in [2.24, 2.45) is 0 Å². The molecule has 1 aliphatic carbocycles. The number of allylic oxidation sites excluding steroid dienone is 4. The van der Waals surface area contributed by atoms with Gasteiger partial charge in [-0.1, -0.05) is 12.5 Å². The summed E-state index contributed by atoms with van der Waals surface area (Å²) in [4.78, 5) is 0. The van der Waals surface area contributed by atoms with E-state index in [-0.39, 0.29) is 0 Å². The van der Waals surface area contributed by atoms with Crippen molar-refractivity contribution in [1.82, 2.24) is 0 Å². The zero-order chi connectivity index (χ0) is 9.35. The van der Waals surface area contributed by atoms with Crippen LogP contribution in [0.5, 0.6) is 0 Å². The fourth-order valence-corrected chi connectivity index (χ4v) is 2.30. The van der Waals surface area contributed by atoms with Gasteiger partial charge in [-0.25, -0.2) is 8.78 Å². The predicted octanol–water partition coefficient (Wildman–Crippen LogP) is 4.07. The quantitative estimate of drug-likeness (QED) is 0.503. The molecule has 0 aromatic rings. The third-order valence-corrected chi connectivity index (χ3v) is 2.69. The second kappa shape index (κ2) is 3.44. The first-order chi connectivity index (χ1) is 5.46. The second-order valence-corrected chi connectivity index (χ2v) is 4.84. The molecule has 1 rings (SSSR count). The van der Waals surface area contributed by atoms with Crippen LogP contribution in [0.3, 0.4) is 0 Å². The number of hydrogen-bond acceptors (Lipinski definition) is 0. The molecule has 0 saturated carbocycles. The van der Waals surface area contributed by atoms with Crippen molar-refractivity contribution in [3.63, 3.8) is 0 Å². The summed E-state index contributed by atoms with van der Waals surface area (Å²) in [5, 5.41) is 0. The molecule has 0 aromatic carbocycles. The van der Waals surface area contributed by atoms with E-state index in [4.69, 9.17) is 0 Å². The number of halogens is 3. The highest BCUT2D eigenvalue weighted by Crippen LogP contribution is 2.40. The molecular formula is C9H11F2I. The maximum Gasteiger partial charge on any atom is 0.186 e. The van der Waals surface area contributed by atoms with Gasteiger partial charge in [0.1, 0.15) is 5.83 Å². The van der Waals surface area contributed by atoms with Crippen molar-refractivity contribution in [2.75, 3.05) is 0 Å². The molecule has 68 valence electrons. The van der Waals surface area contributed by atoms with Gasteiger partial charge in [0.15, 0.2) is 3.68 Å². The van der Waals surface area contributed by atoms with Crippen molar-refractivity contribution in [3.8, 4) is 0 Å². The van der Waals surface area contributed by atoms with Crippen LogP contribution in [0.25, 0.3) is 0 Å². The fourth-order valence-electron chi connectivity index (χ4n) is 1.46. The summed E-state index contributed by atoms with van der Waals surface area (Å²) in [7, 11) is 0. The molecule has 0 amide bonds. The normalized spacial score (nSPS) is 30.6. The van der Waals surface area contributed by atoms with E-state index in [0.717, 1.165) is 11.6 Å². The highest BCUT2D eigenvalue weighted by atomic mass is 127. The number of alkyl halides is 2. The van der Waals surface area contributed by atoms with E-state index < -0.39 is 9.50 Å². The van der Waals surface area contributed by atoms with Crippen LogP contribution in [0.1, 0.15) is 26.7 Å². The monoisotopic (exact) mass is 284 g/mol.